The molecule has 2 aromatic rings. The maximum Gasteiger partial charge on any atom is 0.334 e. The van der Waals surface area contributed by atoms with E-state index in [1.807, 2.05) is 4.98 Å². The van der Waals surface area contributed by atoms with Gasteiger partial charge in [-0.3, -0.25) is 9.78 Å². The first kappa shape index (κ1) is 12.8. The van der Waals surface area contributed by atoms with E-state index in [1.165, 1.54) is 6.07 Å². The Labute approximate surface area is 108 Å². The van der Waals surface area contributed by atoms with Crippen LogP contribution in [0.15, 0.2) is 27.8 Å². The zero-order valence-corrected chi connectivity index (χ0v) is 10.0. The third kappa shape index (κ3) is 2.04. The van der Waals surface area contributed by atoms with Crippen molar-refractivity contribution in [3.8, 4) is 5.69 Å². The predicted octanol–water partition coefficient (Wildman–Crippen LogP) is 2.11. The average molecular weight is 293 g/mol. The molecule has 0 amide bonds. The predicted molar refractivity (Wildman–Crippen MR) is 62.6 cm³/mol. The Kier molecular flexibility index (Phi) is 3.23. The molecule has 0 bridgehead atoms. The Hall–Kier alpha value is -1.66. The Bertz CT molecular complexity index is 740. The van der Waals surface area contributed by atoms with Gasteiger partial charge in [0.1, 0.15) is 5.82 Å². The summed E-state index contributed by atoms with van der Waals surface area (Å²) in [6.07, 6.45) is 0. The summed E-state index contributed by atoms with van der Waals surface area (Å²) in [4.78, 5) is 25.0. The Morgan fingerprint density at radius 1 is 1.17 bits per heavy atom. The molecule has 1 heterocycles. The van der Waals surface area contributed by atoms with Crippen LogP contribution in [-0.4, -0.2) is 9.55 Å². The van der Waals surface area contributed by atoms with E-state index in [9.17, 15) is 18.4 Å². The van der Waals surface area contributed by atoms with Crippen LogP contribution in [0.5, 0.6) is 0 Å². The number of nitrogens with zero attached hydrogens (tertiary/aromatic N) is 1. The molecule has 4 nitrogen and oxygen atoms in total. The average Bonchev–Trinajstić information content (AvgIpc) is 2.31. The summed E-state index contributed by atoms with van der Waals surface area (Å²) in [6.45, 7) is 0. The zero-order chi connectivity index (χ0) is 13.4. The minimum Gasteiger partial charge on any atom is -0.295 e. The molecule has 8 heteroatoms. The molecule has 2 rings (SSSR count). The molecule has 0 aliphatic rings. The van der Waals surface area contributed by atoms with Crippen LogP contribution in [0.1, 0.15) is 0 Å². The van der Waals surface area contributed by atoms with Crippen LogP contribution in [0.3, 0.4) is 0 Å². The van der Waals surface area contributed by atoms with E-state index in [1.54, 1.807) is 0 Å². The number of benzene rings is 1. The molecule has 0 saturated heterocycles. The van der Waals surface area contributed by atoms with Crippen LogP contribution in [0.4, 0.5) is 8.78 Å². The molecular weight excluding hydrogens is 289 g/mol. The van der Waals surface area contributed by atoms with Crippen molar-refractivity contribution in [2.45, 2.75) is 0 Å². The summed E-state index contributed by atoms with van der Waals surface area (Å²) < 4.78 is 27.1. The Morgan fingerprint density at radius 2 is 1.83 bits per heavy atom. The topological polar surface area (TPSA) is 54.9 Å². The molecule has 0 radical (unpaired) electrons. The van der Waals surface area contributed by atoms with Crippen LogP contribution < -0.4 is 11.2 Å². The van der Waals surface area contributed by atoms with Crippen molar-refractivity contribution in [1.82, 2.24) is 9.55 Å². The highest BCUT2D eigenvalue weighted by Crippen LogP contribution is 2.17. The van der Waals surface area contributed by atoms with Crippen molar-refractivity contribution in [3.63, 3.8) is 0 Å². The number of halogens is 4. The number of aromatic nitrogens is 2. The number of hydrogen-bond acceptors (Lipinski definition) is 2. The smallest absolute Gasteiger partial charge is 0.295 e. The van der Waals surface area contributed by atoms with E-state index in [0.29, 0.717) is 0 Å². The van der Waals surface area contributed by atoms with Crippen LogP contribution in [0, 0.1) is 11.6 Å². The first-order valence-corrected chi connectivity index (χ1v) is 5.33. The van der Waals surface area contributed by atoms with Gasteiger partial charge in [-0.1, -0.05) is 23.2 Å². The molecule has 0 spiro atoms. The van der Waals surface area contributed by atoms with E-state index in [2.05, 4.69) is 0 Å². The van der Waals surface area contributed by atoms with Gasteiger partial charge in [0.05, 0.1) is 5.69 Å². The zero-order valence-electron chi connectivity index (χ0n) is 8.51. The number of hydrogen-bond donors (Lipinski definition) is 1. The van der Waals surface area contributed by atoms with Crippen molar-refractivity contribution < 1.29 is 8.78 Å². The fourth-order valence-electron chi connectivity index (χ4n) is 1.36. The van der Waals surface area contributed by atoms with Crippen molar-refractivity contribution in [1.29, 1.82) is 0 Å². The standard InChI is InChI=1S/C10H4Cl2F2N2O2/c11-4-1-2-5(13)6(3-4)16-9(17)7(14)8(12)15-10(16)18/h1-3H,(H,15,18). The van der Waals surface area contributed by atoms with Gasteiger partial charge in [0, 0.05) is 5.02 Å². The van der Waals surface area contributed by atoms with Gasteiger partial charge in [0.25, 0.3) is 5.56 Å². The van der Waals surface area contributed by atoms with E-state index < -0.39 is 33.7 Å². The summed E-state index contributed by atoms with van der Waals surface area (Å²) in [5, 5.41) is -0.642. The van der Waals surface area contributed by atoms with Gasteiger partial charge in [-0.15, -0.1) is 0 Å². The second-order valence-corrected chi connectivity index (χ2v) is 4.11. The van der Waals surface area contributed by atoms with E-state index in [4.69, 9.17) is 23.2 Å². The monoisotopic (exact) mass is 292 g/mol. The van der Waals surface area contributed by atoms with Crippen molar-refractivity contribution in [2.75, 3.05) is 0 Å². The lowest BCUT2D eigenvalue weighted by molar-refractivity contribution is 0.572. The second kappa shape index (κ2) is 4.55. The van der Waals surface area contributed by atoms with Gasteiger partial charge in [-0.2, -0.15) is 4.39 Å². The molecule has 1 N–H and O–H groups in total. The van der Waals surface area contributed by atoms with E-state index >= 15 is 0 Å². The summed E-state index contributed by atoms with van der Waals surface area (Å²) in [5.41, 5.74) is -2.87. The SMILES string of the molecule is O=c1[nH]c(Cl)c(F)c(=O)n1-c1cc(Cl)ccc1F. The molecular formula is C10H4Cl2F2N2O2. The minimum absolute atomic E-state index is 0.0908. The van der Waals surface area contributed by atoms with E-state index in [0.717, 1.165) is 12.1 Å². The molecule has 18 heavy (non-hydrogen) atoms. The fraction of sp³-hybridized carbons (Fsp3) is 0. The van der Waals surface area contributed by atoms with Gasteiger partial charge < -0.3 is 0 Å². The van der Waals surface area contributed by atoms with Gasteiger partial charge in [0.15, 0.2) is 5.15 Å². The Balaban J connectivity index is 2.88. The highest BCUT2D eigenvalue weighted by Gasteiger charge is 2.16. The molecule has 0 aliphatic heterocycles. The van der Waals surface area contributed by atoms with Gasteiger partial charge in [-0.05, 0) is 18.2 Å². The third-order valence-corrected chi connectivity index (χ3v) is 2.65. The molecule has 0 unspecified atom stereocenters. The molecule has 1 aromatic carbocycles. The van der Waals surface area contributed by atoms with Crippen molar-refractivity contribution in [2.24, 2.45) is 0 Å². The highest BCUT2D eigenvalue weighted by atomic mass is 35.5. The molecule has 0 saturated carbocycles. The number of aromatic amines is 1. The highest BCUT2D eigenvalue weighted by molar-refractivity contribution is 6.30. The fourth-order valence-corrected chi connectivity index (χ4v) is 1.69. The Morgan fingerprint density at radius 3 is 2.50 bits per heavy atom. The van der Waals surface area contributed by atoms with Crippen LogP contribution >= 0.6 is 23.2 Å². The lowest BCUT2D eigenvalue weighted by Crippen LogP contribution is -2.36. The largest absolute Gasteiger partial charge is 0.334 e. The lowest BCUT2D eigenvalue weighted by atomic mass is 10.3. The number of H-pyrrole nitrogens is 1. The summed E-state index contributed by atoms with van der Waals surface area (Å²) in [6, 6.07) is 3.21. The molecule has 94 valence electrons. The van der Waals surface area contributed by atoms with Crippen molar-refractivity contribution in [3.05, 3.63) is 60.8 Å². The molecule has 0 aliphatic carbocycles. The lowest BCUT2D eigenvalue weighted by Gasteiger charge is -2.06. The van der Waals surface area contributed by atoms with Crippen molar-refractivity contribution >= 4 is 23.2 Å². The summed E-state index contributed by atoms with van der Waals surface area (Å²) >= 11 is 10.9. The molecule has 0 atom stereocenters. The van der Waals surface area contributed by atoms with Gasteiger partial charge in [0.2, 0.25) is 5.82 Å². The number of rotatable bonds is 1. The minimum atomic E-state index is -1.38. The quantitative estimate of drug-likeness (QED) is 0.819. The summed E-state index contributed by atoms with van der Waals surface area (Å²) in [5.74, 6) is -2.27. The summed E-state index contributed by atoms with van der Waals surface area (Å²) in [7, 11) is 0. The third-order valence-electron chi connectivity index (χ3n) is 2.15. The van der Waals surface area contributed by atoms with E-state index in [-0.39, 0.29) is 9.59 Å². The van der Waals surface area contributed by atoms with Crippen LogP contribution in [0.2, 0.25) is 10.2 Å². The maximum atomic E-state index is 13.5. The van der Waals surface area contributed by atoms with Gasteiger partial charge in [-0.25, -0.2) is 13.8 Å². The van der Waals surface area contributed by atoms with Crippen LogP contribution in [-0.2, 0) is 0 Å². The first-order valence-electron chi connectivity index (χ1n) is 4.57. The maximum absolute atomic E-state index is 13.5. The number of nitrogens with one attached hydrogen (secondary N) is 1. The molecule has 0 fully saturated rings. The molecule has 1 aromatic heterocycles. The van der Waals surface area contributed by atoms with Gasteiger partial charge >= 0.3 is 5.69 Å². The van der Waals surface area contributed by atoms with Crippen LogP contribution in [0.25, 0.3) is 5.69 Å². The second-order valence-electron chi connectivity index (χ2n) is 3.29. The first-order chi connectivity index (χ1) is 8.41. The normalized spacial score (nSPS) is 10.7.